The summed E-state index contributed by atoms with van der Waals surface area (Å²) in [5.41, 5.74) is 2.22. The van der Waals surface area contributed by atoms with E-state index in [1.807, 2.05) is 16.5 Å². The molecule has 1 atom stereocenters. The lowest BCUT2D eigenvalue weighted by atomic mass is 10.1. The Kier molecular flexibility index (Phi) is 3.05. The van der Waals surface area contributed by atoms with Gasteiger partial charge in [0.25, 0.3) is 0 Å². The van der Waals surface area contributed by atoms with Crippen molar-refractivity contribution in [2.45, 2.75) is 39.3 Å². The second-order valence-electron chi connectivity index (χ2n) is 4.78. The summed E-state index contributed by atoms with van der Waals surface area (Å²) in [4.78, 5) is 13.5. The Morgan fingerprint density at radius 3 is 2.88 bits per heavy atom. The number of aromatic nitrogens is 2. The van der Waals surface area contributed by atoms with Gasteiger partial charge in [-0.15, -0.1) is 0 Å². The Bertz CT molecular complexity index is 448. The van der Waals surface area contributed by atoms with E-state index in [0.29, 0.717) is 12.5 Å². The Morgan fingerprint density at radius 2 is 2.29 bits per heavy atom. The van der Waals surface area contributed by atoms with Crippen molar-refractivity contribution in [2.75, 3.05) is 6.54 Å². The maximum atomic E-state index is 11.7. The highest BCUT2D eigenvalue weighted by molar-refractivity contribution is 5.87. The zero-order valence-electron chi connectivity index (χ0n) is 10.7. The second-order valence-corrected chi connectivity index (χ2v) is 4.78. The first kappa shape index (κ1) is 11.9. The average Bonchev–Trinajstić information content (AvgIpc) is 2.73. The molecule has 2 heterocycles. The van der Waals surface area contributed by atoms with Crippen molar-refractivity contribution in [3.8, 4) is 0 Å². The van der Waals surface area contributed by atoms with Gasteiger partial charge in [-0.05, 0) is 25.0 Å². The maximum Gasteiger partial charge on any atom is 0.246 e. The number of carbonyl (C=O) groups excluding carboxylic acids is 1. The highest BCUT2D eigenvalue weighted by Crippen LogP contribution is 2.27. The summed E-state index contributed by atoms with van der Waals surface area (Å²) in [6, 6.07) is 2.19. The van der Waals surface area contributed by atoms with Crippen molar-refractivity contribution in [2.24, 2.45) is 0 Å². The van der Waals surface area contributed by atoms with Crippen LogP contribution in [0.3, 0.4) is 0 Å². The van der Waals surface area contributed by atoms with E-state index in [-0.39, 0.29) is 11.9 Å². The van der Waals surface area contributed by atoms with Crippen molar-refractivity contribution in [3.63, 3.8) is 0 Å². The van der Waals surface area contributed by atoms with Crippen LogP contribution < -0.4 is 0 Å². The quantitative estimate of drug-likeness (QED) is 0.734. The van der Waals surface area contributed by atoms with Crippen LogP contribution in [-0.2, 0) is 11.3 Å². The molecule has 4 nitrogen and oxygen atoms in total. The molecule has 0 radical (unpaired) electrons. The largest absolute Gasteiger partial charge is 0.329 e. The van der Waals surface area contributed by atoms with Crippen LogP contribution in [0.4, 0.5) is 0 Å². The number of amides is 1. The van der Waals surface area contributed by atoms with Crippen LogP contribution in [0.25, 0.3) is 0 Å². The van der Waals surface area contributed by atoms with Crippen molar-refractivity contribution in [1.29, 1.82) is 0 Å². The lowest BCUT2D eigenvalue weighted by Crippen LogP contribution is -2.40. The van der Waals surface area contributed by atoms with Crippen molar-refractivity contribution in [3.05, 3.63) is 30.1 Å². The third-order valence-corrected chi connectivity index (χ3v) is 3.33. The molecule has 0 saturated carbocycles. The van der Waals surface area contributed by atoms with Gasteiger partial charge in [0.1, 0.15) is 0 Å². The molecular weight excluding hydrogens is 214 g/mol. The van der Waals surface area contributed by atoms with Crippen LogP contribution in [0.15, 0.2) is 18.7 Å². The standard InChI is InChI=1S/C13H19N3O/c1-5-13(17)15-6-7-16-12(10(15)4)8-11(14-16)9(2)3/h5,8-10H,1,6-7H2,2-4H3. The molecule has 0 N–H and O–H groups in total. The lowest BCUT2D eigenvalue weighted by molar-refractivity contribution is -0.129. The second kappa shape index (κ2) is 4.35. The molecular formula is C13H19N3O. The van der Waals surface area contributed by atoms with Crippen LogP contribution in [0, 0.1) is 0 Å². The molecule has 0 aliphatic carbocycles. The summed E-state index contributed by atoms with van der Waals surface area (Å²) in [6.45, 7) is 11.3. The summed E-state index contributed by atoms with van der Waals surface area (Å²) >= 11 is 0. The van der Waals surface area contributed by atoms with Gasteiger partial charge in [0.2, 0.25) is 5.91 Å². The highest BCUT2D eigenvalue weighted by atomic mass is 16.2. The molecule has 0 aromatic carbocycles. The van der Waals surface area contributed by atoms with E-state index in [0.717, 1.165) is 17.9 Å². The molecule has 92 valence electrons. The fourth-order valence-corrected chi connectivity index (χ4v) is 2.22. The third-order valence-electron chi connectivity index (χ3n) is 3.33. The Hall–Kier alpha value is -1.58. The van der Waals surface area contributed by atoms with Crippen LogP contribution in [-0.4, -0.2) is 27.1 Å². The number of hydrogen-bond donors (Lipinski definition) is 0. The van der Waals surface area contributed by atoms with Crippen LogP contribution in [0.5, 0.6) is 0 Å². The normalized spacial score (nSPS) is 19.3. The molecule has 1 aliphatic heterocycles. The monoisotopic (exact) mass is 233 g/mol. The van der Waals surface area contributed by atoms with Crippen molar-refractivity contribution in [1.82, 2.24) is 14.7 Å². The predicted octanol–water partition coefficient (Wildman–Crippen LogP) is 2.10. The van der Waals surface area contributed by atoms with E-state index in [4.69, 9.17) is 0 Å². The molecule has 0 spiro atoms. The zero-order chi connectivity index (χ0) is 12.6. The lowest BCUT2D eigenvalue weighted by Gasteiger charge is -2.33. The van der Waals surface area contributed by atoms with Gasteiger partial charge in [0.15, 0.2) is 0 Å². The van der Waals surface area contributed by atoms with Gasteiger partial charge < -0.3 is 4.90 Å². The maximum absolute atomic E-state index is 11.7. The molecule has 1 unspecified atom stereocenters. The summed E-state index contributed by atoms with van der Waals surface area (Å²) < 4.78 is 2.02. The van der Waals surface area contributed by atoms with E-state index >= 15 is 0 Å². The van der Waals surface area contributed by atoms with Gasteiger partial charge in [-0.25, -0.2) is 0 Å². The Morgan fingerprint density at radius 1 is 1.59 bits per heavy atom. The Balaban J connectivity index is 2.32. The first-order chi connectivity index (χ1) is 8.04. The van der Waals surface area contributed by atoms with Crippen LogP contribution in [0.2, 0.25) is 0 Å². The molecule has 2 rings (SSSR count). The topological polar surface area (TPSA) is 38.1 Å². The molecule has 1 aliphatic rings. The minimum absolute atomic E-state index is 0.00366. The molecule has 0 bridgehead atoms. The fourth-order valence-electron chi connectivity index (χ4n) is 2.22. The highest BCUT2D eigenvalue weighted by Gasteiger charge is 2.28. The number of nitrogens with zero attached hydrogens (tertiary/aromatic N) is 3. The van der Waals surface area contributed by atoms with E-state index in [1.165, 1.54) is 6.08 Å². The van der Waals surface area contributed by atoms with Gasteiger partial charge in [-0.2, -0.15) is 5.10 Å². The molecule has 1 aromatic rings. The van der Waals surface area contributed by atoms with E-state index in [1.54, 1.807) is 0 Å². The molecule has 0 fully saturated rings. The van der Waals surface area contributed by atoms with Gasteiger partial charge in [-0.3, -0.25) is 9.48 Å². The summed E-state index contributed by atoms with van der Waals surface area (Å²) in [6.07, 6.45) is 1.38. The average molecular weight is 233 g/mol. The van der Waals surface area contributed by atoms with Crippen molar-refractivity contribution >= 4 is 5.91 Å². The fraction of sp³-hybridized carbons (Fsp3) is 0.538. The van der Waals surface area contributed by atoms with Gasteiger partial charge >= 0.3 is 0 Å². The molecule has 1 amide bonds. The number of rotatable bonds is 2. The summed E-state index contributed by atoms with van der Waals surface area (Å²) in [7, 11) is 0. The first-order valence-corrected chi connectivity index (χ1v) is 6.05. The number of carbonyl (C=O) groups is 1. The zero-order valence-corrected chi connectivity index (χ0v) is 10.7. The van der Waals surface area contributed by atoms with Gasteiger partial charge in [0.05, 0.1) is 24.0 Å². The molecule has 0 saturated heterocycles. The van der Waals surface area contributed by atoms with E-state index in [2.05, 4.69) is 31.6 Å². The summed E-state index contributed by atoms with van der Waals surface area (Å²) in [5, 5.41) is 4.57. The number of fused-ring (bicyclic) bond motifs is 1. The van der Waals surface area contributed by atoms with Crippen LogP contribution >= 0.6 is 0 Å². The molecule has 17 heavy (non-hydrogen) atoms. The van der Waals surface area contributed by atoms with Crippen molar-refractivity contribution < 1.29 is 4.79 Å². The van der Waals surface area contributed by atoms with E-state index in [9.17, 15) is 4.79 Å². The molecule has 4 heteroatoms. The van der Waals surface area contributed by atoms with Gasteiger partial charge in [-0.1, -0.05) is 20.4 Å². The Labute approximate surface area is 102 Å². The number of hydrogen-bond acceptors (Lipinski definition) is 2. The van der Waals surface area contributed by atoms with E-state index < -0.39 is 0 Å². The third kappa shape index (κ3) is 1.99. The van der Waals surface area contributed by atoms with Gasteiger partial charge in [0, 0.05) is 6.54 Å². The molecule has 1 aromatic heterocycles. The first-order valence-electron chi connectivity index (χ1n) is 6.05. The minimum Gasteiger partial charge on any atom is -0.329 e. The summed E-state index contributed by atoms with van der Waals surface area (Å²) in [5.74, 6) is 0.417. The van der Waals surface area contributed by atoms with Crippen LogP contribution in [0.1, 0.15) is 44.1 Å². The SMILES string of the molecule is C=CC(=O)N1CCn2nc(C(C)C)cc2C1C. The smallest absolute Gasteiger partial charge is 0.246 e. The predicted molar refractivity (Wildman–Crippen MR) is 66.6 cm³/mol. The minimum atomic E-state index is -0.00366.